The number of aromatic nitrogens is 3. The van der Waals surface area contributed by atoms with E-state index in [9.17, 15) is 9.59 Å². The van der Waals surface area contributed by atoms with Gasteiger partial charge in [0.05, 0.1) is 39.3 Å². The van der Waals surface area contributed by atoms with Crippen LogP contribution in [0.3, 0.4) is 0 Å². The molecule has 1 aliphatic rings. The number of nitrogens with one attached hydrogen (secondary N) is 1. The van der Waals surface area contributed by atoms with Crippen LogP contribution >= 0.6 is 11.3 Å². The number of amides is 2. The molecule has 3 heterocycles. The highest BCUT2D eigenvalue weighted by atomic mass is 32.1. The van der Waals surface area contributed by atoms with Gasteiger partial charge in [0.2, 0.25) is 11.8 Å². The summed E-state index contributed by atoms with van der Waals surface area (Å²) in [6.07, 6.45) is 4.16. The molecule has 0 bridgehead atoms. The molecule has 0 aliphatic heterocycles. The van der Waals surface area contributed by atoms with Crippen molar-refractivity contribution in [3.05, 3.63) is 84.6 Å². The number of imidazole rings is 1. The molecule has 44 heavy (non-hydrogen) atoms. The van der Waals surface area contributed by atoms with E-state index < -0.39 is 23.0 Å². The molecule has 6 rings (SSSR count). The maximum absolute atomic E-state index is 15.6. The summed E-state index contributed by atoms with van der Waals surface area (Å²) in [6.45, 7) is 2.01. The molecule has 3 aromatic heterocycles. The van der Waals surface area contributed by atoms with Crippen LogP contribution in [0.4, 0.5) is 15.8 Å². The lowest BCUT2D eigenvalue weighted by Crippen LogP contribution is -2.41. The number of carbonyl (C=O) groups excluding carboxylic acids is 2. The zero-order valence-corrected chi connectivity index (χ0v) is 25.1. The molecule has 2 amide bonds. The van der Waals surface area contributed by atoms with Gasteiger partial charge in [-0.15, -0.1) is 11.3 Å². The number of benzene rings is 2. The molecule has 2 aromatic carbocycles. The van der Waals surface area contributed by atoms with E-state index in [4.69, 9.17) is 15.2 Å². The summed E-state index contributed by atoms with van der Waals surface area (Å²) in [5, 5.41) is 3.33. The lowest BCUT2D eigenvalue weighted by Gasteiger charge is -2.26. The Kier molecular flexibility index (Phi) is 8.13. The summed E-state index contributed by atoms with van der Waals surface area (Å²) < 4.78 is 29.6. The van der Waals surface area contributed by atoms with Crippen molar-refractivity contribution < 1.29 is 23.5 Å². The van der Waals surface area contributed by atoms with Crippen molar-refractivity contribution in [3.8, 4) is 22.2 Å². The van der Waals surface area contributed by atoms with Gasteiger partial charge in [0.1, 0.15) is 17.0 Å². The minimum Gasteiger partial charge on any atom is -0.453 e. The molecule has 10 nitrogen and oxygen atoms in total. The number of hydrogen-bond acceptors (Lipinski definition) is 8. The topological polar surface area (TPSA) is 125 Å². The van der Waals surface area contributed by atoms with Crippen molar-refractivity contribution in [1.29, 1.82) is 0 Å². The van der Waals surface area contributed by atoms with Gasteiger partial charge >= 0.3 is 0 Å². The van der Waals surface area contributed by atoms with Crippen LogP contribution in [0.5, 0.6) is 11.5 Å². The molecule has 0 spiro atoms. The number of para-hydroxylation sites is 1. The second kappa shape index (κ2) is 12.2. The number of halogens is 1. The van der Waals surface area contributed by atoms with Gasteiger partial charge in [-0.05, 0) is 43.2 Å². The Morgan fingerprint density at radius 2 is 1.89 bits per heavy atom. The van der Waals surface area contributed by atoms with Crippen molar-refractivity contribution in [1.82, 2.24) is 19.9 Å². The number of thiophene rings is 1. The Morgan fingerprint density at radius 3 is 2.59 bits per heavy atom. The van der Waals surface area contributed by atoms with Crippen molar-refractivity contribution >= 4 is 44.7 Å². The average Bonchev–Trinajstić information content (AvgIpc) is 3.61. The first-order valence-electron chi connectivity index (χ1n) is 14.1. The van der Waals surface area contributed by atoms with Crippen LogP contribution in [0.2, 0.25) is 0 Å². The summed E-state index contributed by atoms with van der Waals surface area (Å²) >= 11 is 1.45. The van der Waals surface area contributed by atoms with Crippen LogP contribution in [-0.2, 0) is 27.9 Å². The third-order valence-corrected chi connectivity index (χ3v) is 8.85. The van der Waals surface area contributed by atoms with Crippen LogP contribution < -0.4 is 20.7 Å². The van der Waals surface area contributed by atoms with E-state index in [-0.39, 0.29) is 11.4 Å². The zero-order valence-electron chi connectivity index (χ0n) is 24.2. The average molecular weight is 615 g/mol. The number of fused-ring (bicyclic) bond motifs is 1. The van der Waals surface area contributed by atoms with Crippen molar-refractivity contribution in [2.75, 3.05) is 25.2 Å². The van der Waals surface area contributed by atoms with E-state index in [2.05, 4.69) is 15.3 Å². The van der Waals surface area contributed by atoms with Crippen molar-refractivity contribution in [3.63, 3.8) is 0 Å². The number of methoxy groups -OCH3 is 1. The monoisotopic (exact) mass is 614 g/mol. The molecule has 226 valence electrons. The highest BCUT2D eigenvalue weighted by Crippen LogP contribution is 2.49. The first kappa shape index (κ1) is 29.4. The Labute approximate surface area is 257 Å². The summed E-state index contributed by atoms with van der Waals surface area (Å²) in [6, 6.07) is 16.7. The number of rotatable bonds is 12. The van der Waals surface area contributed by atoms with Gasteiger partial charge in [-0.2, -0.15) is 0 Å². The maximum atomic E-state index is 15.6. The Morgan fingerprint density at radius 1 is 1.09 bits per heavy atom. The molecule has 1 saturated carbocycles. The second-order valence-corrected chi connectivity index (χ2v) is 11.6. The van der Waals surface area contributed by atoms with Gasteiger partial charge in [0.25, 0.3) is 0 Å². The van der Waals surface area contributed by atoms with Crippen molar-refractivity contribution in [2.45, 2.75) is 19.4 Å². The van der Waals surface area contributed by atoms with Gasteiger partial charge in [0, 0.05) is 51.3 Å². The fourth-order valence-corrected chi connectivity index (χ4v) is 6.13. The largest absolute Gasteiger partial charge is 0.453 e. The van der Waals surface area contributed by atoms with Crippen LogP contribution in [0.1, 0.15) is 18.5 Å². The van der Waals surface area contributed by atoms with Crippen LogP contribution in [0, 0.1) is 11.2 Å². The minimum atomic E-state index is -1.28. The number of carbonyl (C=O) groups is 2. The smallest absolute Gasteiger partial charge is 0.247 e. The standard InChI is InChI=1S/C32H31FN6O4S/c1-38-22(18-35-14-15-42-2)19-37-29(38)27-17-24-28(44-27)26(10-13-36-24)43-25-9-8-21(16-23(25)33)39(20-6-4-3-5-7-20)31(41)32(11-12-32)30(34)40/h3-10,13,16-17,19,35H,11-12,14-15,18H2,1-2H3,(H2,34,40). The highest BCUT2D eigenvalue weighted by Gasteiger charge is 2.57. The van der Waals surface area contributed by atoms with Gasteiger partial charge in [0.15, 0.2) is 11.6 Å². The van der Waals surface area contributed by atoms with Gasteiger partial charge in [-0.1, -0.05) is 18.2 Å². The van der Waals surface area contributed by atoms with Gasteiger partial charge < -0.3 is 25.1 Å². The van der Waals surface area contributed by atoms with E-state index in [1.54, 1.807) is 49.7 Å². The number of anilines is 2. The fraction of sp³-hybridized carbons (Fsp3) is 0.250. The predicted octanol–water partition coefficient (Wildman–Crippen LogP) is 5.29. The number of nitrogens with zero attached hydrogens (tertiary/aromatic N) is 4. The molecular formula is C32H31FN6O4S. The fourth-order valence-electron chi connectivity index (χ4n) is 5.03. The Balaban J connectivity index is 1.27. The molecule has 1 aliphatic carbocycles. The number of ether oxygens (including phenoxy) is 2. The van der Waals surface area contributed by atoms with Crippen LogP contribution in [-0.4, -0.2) is 46.6 Å². The van der Waals surface area contributed by atoms with E-state index in [1.807, 2.05) is 29.9 Å². The normalized spacial score (nSPS) is 13.6. The number of pyridine rings is 1. The molecule has 5 aromatic rings. The first-order valence-corrected chi connectivity index (χ1v) is 14.9. The molecule has 0 atom stereocenters. The van der Waals surface area contributed by atoms with E-state index in [1.165, 1.54) is 28.4 Å². The van der Waals surface area contributed by atoms with E-state index in [0.717, 1.165) is 27.6 Å². The predicted molar refractivity (Wildman–Crippen MR) is 166 cm³/mol. The number of hydrogen-bond donors (Lipinski definition) is 2. The van der Waals surface area contributed by atoms with E-state index >= 15 is 4.39 Å². The molecular weight excluding hydrogens is 583 g/mol. The summed E-state index contributed by atoms with van der Waals surface area (Å²) in [4.78, 5) is 37.1. The van der Waals surface area contributed by atoms with Crippen LogP contribution in [0.15, 0.2) is 73.1 Å². The summed E-state index contributed by atoms with van der Waals surface area (Å²) in [5.41, 5.74) is 6.80. The lowest BCUT2D eigenvalue weighted by molar-refractivity contribution is -0.133. The number of nitrogens with two attached hydrogens (primary N) is 1. The molecule has 0 unspecified atom stereocenters. The molecule has 0 saturated heterocycles. The third kappa shape index (κ3) is 5.54. The SMILES string of the molecule is COCCNCc1cnc(-c2cc3nccc(Oc4ccc(N(C(=O)C5(C(N)=O)CC5)c5ccccc5)cc4F)c3s2)n1C. The molecule has 0 radical (unpaired) electrons. The minimum absolute atomic E-state index is 0.0193. The van der Waals surface area contributed by atoms with Crippen molar-refractivity contribution in [2.24, 2.45) is 18.2 Å². The maximum Gasteiger partial charge on any atom is 0.247 e. The quantitative estimate of drug-likeness (QED) is 0.144. The lowest BCUT2D eigenvalue weighted by atomic mass is 10.0. The first-order chi connectivity index (χ1) is 21.3. The zero-order chi connectivity index (χ0) is 30.8. The summed E-state index contributed by atoms with van der Waals surface area (Å²) in [5.74, 6) is -0.621. The number of primary amides is 1. The summed E-state index contributed by atoms with van der Waals surface area (Å²) in [7, 11) is 3.62. The van der Waals surface area contributed by atoms with Gasteiger partial charge in [-0.25, -0.2) is 9.37 Å². The van der Waals surface area contributed by atoms with E-state index in [0.29, 0.717) is 42.9 Å². The van der Waals surface area contributed by atoms with Gasteiger partial charge in [-0.3, -0.25) is 19.5 Å². The Bertz CT molecular complexity index is 1840. The second-order valence-electron chi connectivity index (χ2n) is 10.6. The van der Waals surface area contributed by atoms with Crippen LogP contribution in [0.25, 0.3) is 20.9 Å². The molecule has 12 heteroatoms. The Hall–Kier alpha value is -4.65. The molecule has 3 N–H and O–H groups in total. The molecule has 1 fully saturated rings. The highest BCUT2D eigenvalue weighted by molar-refractivity contribution is 7.22. The third-order valence-electron chi connectivity index (χ3n) is 7.71.